The fourth-order valence-electron chi connectivity index (χ4n) is 1.80. The number of carbonyl (C=O) groups is 1. The molecule has 2 aromatic rings. The second-order valence-electron chi connectivity index (χ2n) is 4.33. The maximum atomic E-state index is 11.8. The third-order valence-electron chi connectivity index (χ3n) is 2.74. The molecule has 0 aliphatic heterocycles. The lowest BCUT2D eigenvalue weighted by Crippen LogP contribution is -2.28. The lowest BCUT2D eigenvalue weighted by atomic mass is 10.3. The van der Waals surface area contributed by atoms with Gasteiger partial charge in [-0.15, -0.1) is 0 Å². The number of nitrogens with zero attached hydrogens (tertiary/aromatic N) is 2. The second kappa shape index (κ2) is 6.72. The molecule has 6 nitrogen and oxygen atoms in total. The average Bonchev–Trinajstić information content (AvgIpc) is 2.85. The van der Waals surface area contributed by atoms with Gasteiger partial charge >= 0.3 is 0 Å². The van der Waals surface area contributed by atoms with Crippen LogP contribution in [0, 0.1) is 0 Å². The third-order valence-corrected chi connectivity index (χ3v) is 2.74. The fraction of sp³-hybridized carbons (Fsp3) is 0.286. The molecule has 0 saturated heterocycles. The van der Waals surface area contributed by atoms with Crippen LogP contribution in [0.5, 0.6) is 5.75 Å². The third kappa shape index (κ3) is 3.83. The first-order chi connectivity index (χ1) is 9.69. The number of aryl methyl sites for hydroxylation is 1. The van der Waals surface area contributed by atoms with Gasteiger partial charge in [0.1, 0.15) is 5.75 Å². The topological polar surface area (TPSA) is 68.2 Å². The number of methoxy groups -OCH3 is 1. The van der Waals surface area contributed by atoms with Crippen molar-refractivity contribution in [3.05, 3.63) is 42.2 Å². The van der Waals surface area contributed by atoms with E-state index in [9.17, 15) is 4.79 Å². The number of anilines is 1. The predicted molar refractivity (Wildman–Crippen MR) is 76.5 cm³/mol. The van der Waals surface area contributed by atoms with Crippen molar-refractivity contribution in [1.82, 2.24) is 15.1 Å². The highest BCUT2D eigenvalue weighted by atomic mass is 16.5. The van der Waals surface area contributed by atoms with Crippen molar-refractivity contribution in [3.8, 4) is 5.75 Å². The number of hydrogen-bond acceptors (Lipinski definition) is 4. The molecule has 2 N–H and O–H groups in total. The number of hydrogen-bond donors (Lipinski definition) is 2. The maximum absolute atomic E-state index is 11.8. The van der Waals surface area contributed by atoms with Gasteiger partial charge in [-0.25, -0.2) is 0 Å². The van der Waals surface area contributed by atoms with Crippen LogP contribution in [-0.2, 0) is 18.4 Å². The van der Waals surface area contributed by atoms with Gasteiger partial charge in [-0.2, -0.15) is 5.10 Å². The summed E-state index contributed by atoms with van der Waals surface area (Å²) in [6.45, 7) is 0.773. The number of nitrogens with one attached hydrogen (secondary N) is 2. The molecule has 1 amide bonds. The van der Waals surface area contributed by atoms with Crippen LogP contribution < -0.4 is 15.4 Å². The van der Waals surface area contributed by atoms with E-state index in [0.717, 1.165) is 5.69 Å². The first-order valence-electron chi connectivity index (χ1n) is 6.31. The lowest BCUT2D eigenvalue weighted by molar-refractivity contribution is -0.115. The Hall–Kier alpha value is -2.34. The van der Waals surface area contributed by atoms with Crippen LogP contribution in [0.25, 0.3) is 0 Å². The summed E-state index contributed by atoms with van der Waals surface area (Å²) < 4.78 is 6.90. The monoisotopic (exact) mass is 274 g/mol. The Kier molecular flexibility index (Phi) is 4.73. The SMILES string of the molecule is COc1ccccc1NC(=O)CNCc1ccn(C)n1. The van der Waals surface area contributed by atoms with Gasteiger partial charge in [0.05, 0.1) is 25.0 Å². The molecule has 0 saturated carbocycles. The Labute approximate surface area is 117 Å². The molecule has 1 heterocycles. The number of para-hydroxylation sites is 2. The summed E-state index contributed by atoms with van der Waals surface area (Å²) in [4.78, 5) is 11.8. The van der Waals surface area contributed by atoms with Crippen molar-refractivity contribution < 1.29 is 9.53 Å². The van der Waals surface area contributed by atoms with Crippen molar-refractivity contribution in [3.63, 3.8) is 0 Å². The Morgan fingerprint density at radius 3 is 2.85 bits per heavy atom. The maximum Gasteiger partial charge on any atom is 0.238 e. The summed E-state index contributed by atoms with van der Waals surface area (Å²) in [5, 5.41) is 10.1. The molecule has 0 atom stereocenters. The van der Waals surface area contributed by atoms with Crippen LogP contribution in [0.15, 0.2) is 36.5 Å². The summed E-state index contributed by atoms with van der Waals surface area (Å²) >= 11 is 0. The minimum atomic E-state index is -0.120. The van der Waals surface area contributed by atoms with E-state index >= 15 is 0 Å². The zero-order valence-electron chi connectivity index (χ0n) is 11.6. The van der Waals surface area contributed by atoms with Gasteiger partial charge in [-0.1, -0.05) is 12.1 Å². The molecule has 20 heavy (non-hydrogen) atoms. The van der Waals surface area contributed by atoms with Crippen LogP contribution in [0.3, 0.4) is 0 Å². The smallest absolute Gasteiger partial charge is 0.238 e. The van der Waals surface area contributed by atoms with Crippen LogP contribution in [0.4, 0.5) is 5.69 Å². The summed E-state index contributed by atoms with van der Waals surface area (Å²) in [5.41, 5.74) is 1.57. The van der Waals surface area contributed by atoms with Crippen LogP contribution in [-0.4, -0.2) is 29.3 Å². The van der Waals surface area contributed by atoms with E-state index in [0.29, 0.717) is 18.0 Å². The minimum absolute atomic E-state index is 0.120. The molecule has 0 unspecified atom stereocenters. The largest absolute Gasteiger partial charge is 0.495 e. The van der Waals surface area contributed by atoms with E-state index < -0.39 is 0 Å². The summed E-state index contributed by atoms with van der Waals surface area (Å²) in [6.07, 6.45) is 1.87. The van der Waals surface area contributed by atoms with Crippen LogP contribution in [0.2, 0.25) is 0 Å². The summed E-state index contributed by atoms with van der Waals surface area (Å²) in [6, 6.07) is 9.21. The highest BCUT2D eigenvalue weighted by Crippen LogP contribution is 2.22. The molecule has 1 aromatic carbocycles. The van der Waals surface area contributed by atoms with Gasteiger partial charge in [0.15, 0.2) is 0 Å². The summed E-state index contributed by atoms with van der Waals surface area (Å²) in [5.74, 6) is 0.524. The minimum Gasteiger partial charge on any atom is -0.495 e. The van der Waals surface area contributed by atoms with E-state index in [-0.39, 0.29) is 12.5 Å². The molecular formula is C14H18N4O2. The van der Waals surface area contributed by atoms with Crippen molar-refractivity contribution in [2.24, 2.45) is 7.05 Å². The molecule has 0 aliphatic carbocycles. The van der Waals surface area contributed by atoms with E-state index in [1.54, 1.807) is 23.9 Å². The van der Waals surface area contributed by atoms with E-state index in [1.807, 2.05) is 31.4 Å². The van der Waals surface area contributed by atoms with Crippen LogP contribution in [0.1, 0.15) is 5.69 Å². The van der Waals surface area contributed by atoms with Gasteiger partial charge < -0.3 is 15.4 Å². The standard InChI is InChI=1S/C14H18N4O2/c1-18-8-7-11(17-18)9-15-10-14(19)16-12-5-3-4-6-13(12)20-2/h3-8,15H,9-10H2,1-2H3,(H,16,19). The molecule has 1 aromatic heterocycles. The van der Waals surface area contributed by atoms with Gasteiger partial charge in [0, 0.05) is 19.8 Å². The van der Waals surface area contributed by atoms with E-state index in [1.165, 1.54) is 0 Å². The highest BCUT2D eigenvalue weighted by Gasteiger charge is 2.06. The molecule has 0 aliphatic rings. The molecular weight excluding hydrogens is 256 g/mol. The quantitative estimate of drug-likeness (QED) is 0.829. The number of aromatic nitrogens is 2. The molecule has 0 spiro atoms. The Morgan fingerprint density at radius 2 is 2.15 bits per heavy atom. The molecule has 0 fully saturated rings. The molecule has 2 rings (SSSR count). The zero-order chi connectivity index (χ0) is 14.4. The van der Waals surface area contributed by atoms with Crippen molar-refractivity contribution in [2.45, 2.75) is 6.54 Å². The van der Waals surface area contributed by atoms with Gasteiger partial charge in [0.25, 0.3) is 0 Å². The first kappa shape index (κ1) is 14.1. The number of ether oxygens (including phenoxy) is 1. The number of amides is 1. The average molecular weight is 274 g/mol. The molecule has 0 radical (unpaired) electrons. The van der Waals surface area contributed by atoms with Crippen molar-refractivity contribution >= 4 is 11.6 Å². The van der Waals surface area contributed by atoms with Gasteiger partial charge in [-0.05, 0) is 18.2 Å². The fourth-order valence-corrected chi connectivity index (χ4v) is 1.80. The Balaban J connectivity index is 1.80. The number of carbonyl (C=O) groups excluding carboxylic acids is 1. The van der Waals surface area contributed by atoms with Gasteiger partial charge in [0.2, 0.25) is 5.91 Å². The van der Waals surface area contributed by atoms with Crippen molar-refractivity contribution in [1.29, 1.82) is 0 Å². The van der Waals surface area contributed by atoms with E-state index in [2.05, 4.69) is 15.7 Å². The van der Waals surface area contributed by atoms with Gasteiger partial charge in [-0.3, -0.25) is 9.48 Å². The predicted octanol–water partition coefficient (Wildman–Crippen LogP) is 1.16. The highest BCUT2D eigenvalue weighted by molar-refractivity contribution is 5.93. The van der Waals surface area contributed by atoms with Crippen molar-refractivity contribution in [2.75, 3.05) is 19.0 Å². The second-order valence-corrected chi connectivity index (χ2v) is 4.33. The Morgan fingerprint density at radius 1 is 1.35 bits per heavy atom. The molecule has 106 valence electrons. The zero-order valence-corrected chi connectivity index (χ0v) is 11.6. The van der Waals surface area contributed by atoms with E-state index in [4.69, 9.17) is 4.74 Å². The normalized spacial score (nSPS) is 10.3. The molecule has 6 heteroatoms. The number of benzene rings is 1. The first-order valence-corrected chi connectivity index (χ1v) is 6.31. The lowest BCUT2D eigenvalue weighted by Gasteiger charge is -2.09. The molecule has 0 bridgehead atoms. The summed E-state index contributed by atoms with van der Waals surface area (Å²) in [7, 11) is 3.43. The number of rotatable bonds is 6. The Bertz CT molecular complexity index is 580. The van der Waals surface area contributed by atoms with Crippen LogP contribution >= 0.6 is 0 Å².